The van der Waals surface area contributed by atoms with Gasteiger partial charge in [-0.15, -0.1) is 10.2 Å². The second kappa shape index (κ2) is 12.5. The second-order valence-corrected chi connectivity index (χ2v) is 11.8. The normalized spacial score (nSPS) is 25.5. The number of hydrogen-bond acceptors (Lipinski definition) is 12. The number of fused-ring (bicyclic) bond motifs is 4. The van der Waals surface area contributed by atoms with Crippen LogP contribution in [-0.4, -0.2) is 115 Å². The Morgan fingerprint density at radius 1 is 1.07 bits per heavy atom. The number of imide groups is 2. The van der Waals surface area contributed by atoms with E-state index >= 15 is 8.78 Å². The van der Waals surface area contributed by atoms with Gasteiger partial charge in [0.15, 0.2) is 22.1 Å². The van der Waals surface area contributed by atoms with Gasteiger partial charge in [0.1, 0.15) is 18.5 Å². The number of morpholine rings is 1. The number of methoxy groups -OCH3 is 1. The van der Waals surface area contributed by atoms with Crippen molar-refractivity contribution in [2.24, 2.45) is 5.41 Å². The third-order valence-electron chi connectivity index (χ3n) is 7.78. The summed E-state index contributed by atoms with van der Waals surface area (Å²) in [6.07, 6.45) is -1.65. The Labute approximate surface area is 250 Å². The van der Waals surface area contributed by atoms with E-state index in [0.717, 1.165) is 21.1 Å². The standard InChI is InChI=1S/C27H33F2N5O8S/c1-14-11-32-21-17(9-18(19(28)20(21)29)23-31-30-16(3)43-23)10-27(22(32)15(2)42-14)24(36)33(12-40-6-5-35)26(38)34(25(27)37)13-41-8-7-39-4/h9,14-15,22,35H,5-8,10-13H2,1-4H3/t14?,15?,22-,27?/m0/s1. The Kier molecular flexibility index (Phi) is 9.06. The first-order chi connectivity index (χ1) is 20.6. The predicted octanol–water partition coefficient (Wildman–Crippen LogP) is 1.69. The number of ether oxygens (including phenoxy) is 4. The lowest BCUT2D eigenvalue weighted by atomic mass is 9.65. The molecule has 0 aliphatic carbocycles. The minimum absolute atomic E-state index is 0.0389. The van der Waals surface area contributed by atoms with Crippen LogP contribution < -0.4 is 4.90 Å². The molecule has 2 aromatic rings. The summed E-state index contributed by atoms with van der Waals surface area (Å²) in [6.45, 7) is 3.77. The average Bonchev–Trinajstić information content (AvgIpc) is 3.40. The van der Waals surface area contributed by atoms with Gasteiger partial charge in [0.05, 0.1) is 55.9 Å². The summed E-state index contributed by atoms with van der Waals surface area (Å²) in [5.74, 6) is -4.00. The highest BCUT2D eigenvalue weighted by molar-refractivity contribution is 7.14. The van der Waals surface area contributed by atoms with Crippen LogP contribution in [0.1, 0.15) is 24.4 Å². The van der Waals surface area contributed by atoms with E-state index in [4.69, 9.17) is 18.9 Å². The van der Waals surface area contributed by atoms with Gasteiger partial charge < -0.3 is 29.0 Å². The minimum Gasteiger partial charge on any atom is -0.394 e. The molecule has 16 heteroatoms. The number of amides is 4. The summed E-state index contributed by atoms with van der Waals surface area (Å²) in [7, 11) is 1.47. The highest BCUT2D eigenvalue weighted by atomic mass is 32.1. The Morgan fingerprint density at radius 3 is 2.35 bits per heavy atom. The maximum absolute atomic E-state index is 16.0. The van der Waals surface area contributed by atoms with Crippen molar-refractivity contribution in [3.8, 4) is 10.6 Å². The van der Waals surface area contributed by atoms with Crippen LogP contribution in [0.3, 0.4) is 0 Å². The van der Waals surface area contributed by atoms with Gasteiger partial charge in [-0.1, -0.05) is 11.3 Å². The van der Waals surface area contributed by atoms with Gasteiger partial charge in [-0.25, -0.2) is 23.4 Å². The van der Waals surface area contributed by atoms with Gasteiger partial charge in [-0.3, -0.25) is 9.59 Å². The number of hydrogen-bond donors (Lipinski definition) is 1. The third kappa shape index (κ3) is 5.29. The average molecular weight is 626 g/mol. The monoisotopic (exact) mass is 625 g/mol. The predicted molar refractivity (Wildman–Crippen MR) is 147 cm³/mol. The van der Waals surface area contributed by atoms with Crippen molar-refractivity contribution in [1.82, 2.24) is 20.0 Å². The van der Waals surface area contributed by atoms with Crippen LogP contribution in [0.25, 0.3) is 10.6 Å². The zero-order valence-corrected chi connectivity index (χ0v) is 25.0. The molecule has 5 rings (SSSR count). The smallest absolute Gasteiger partial charge is 0.337 e. The number of aliphatic hydroxyl groups excluding tert-OH is 1. The molecule has 4 amide bonds. The number of anilines is 1. The van der Waals surface area contributed by atoms with E-state index in [1.807, 2.05) is 0 Å². The fourth-order valence-corrected chi connectivity index (χ4v) is 6.85. The Hall–Kier alpha value is -3.15. The number of aliphatic hydroxyl groups is 1. The van der Waals surface area contributed by atoms with Crippen LogP contribution in [0.4, 0.5) is 19.3 Å². The number of nitrogens with zero attached hydrogens (tertiary/aromatic N) is 5. The SMILES string of the molecule is COCCOCN1C(=O)N(COCCO)C(=O)C2(Cc3cc(-c4nnc(C)s4)c(F)c(F)c3N3CC(C)OC(C)[C@H]32)C1=O. The lowest BCUT2D eigenvalue weighted by Gasteiger charge is -2.57. The van der Waals surface area contributed by atoms with Crippen molar-refractivity contribution >= 4 is 34.9 Å². The number of carbonyl (C=O) groups is 3. The zero-order chi connectivity index (χ0) is 31.1. The molecule has 1 aromatic heterocycles. The summed E-state index contributed by atoms with van der Waals surface area (Å²) in [5, 5.41) is 17.8. The Balaban J connectivity index is 1.68. The maximum atomic E-state index is 16.0. The molecule has 0 radical (unpaired) electrons. The van der Waals surface area contributed by atoms with E-state index in [1.165, 1.54) is 18.1 Å². The molecule has 3 aliphatic rings. The fourth-order valence-electron chi connectivity index (χ4n) is 6.15. The number of aromatic nitrogens is 2. The number of halogens is 2. The van der Waals surface area contributed by atoms with Crippen molar-refractivity contribution in [3.05, 3.63) is 28.3 Å². The van der Waals surface area contributed by atoms with Crippen molar-refractivity contribution < 1.29 is 47.2 Å². The highest BCUT2D eigenvalue weighted by Gasteiger charge is 2.67. The topological polar surface area (TPSA) is 144 Å². The molecule has 2 fully saturated rings. The maximum Gasteiger partial charge on any atom is 0.337 e. The van der Waals surface area contributed by atoms with E-state index < -0.39 is 66.6 Å². The summed E-state index contributed by atoms with van der Waals surface area (Å²) >= 11 is 1.07. The minimum atomic E-state index is -2.01. The number of carbonyl (C=O) groups excluding carboxylic acids is 3. The van der Waals surface area contributed by atoms with Gasteiger partial charge in [0.2, 0.25) is 0 Å². The molecule has 1 spiro atoms. The number of aryl methyl sites for hydroxylation is 1. The molecular weight excluding hydrogens is 592 g/mol. The summed E-state index contributed by atoms with van der Waals surface area (Å²) in [5.41, 5.74) is -2.05. The second-order valence-electron chi connectivity index (χ2n) is 10.6. The van der Waals surface area contributed by atoms with E-state index in [0.29, 0.717) is 5.01 Å². The molecule has 1 aromatic carbocycles. The first-order valence-corrected chi connectivity index (χ1v) is 14.5. The van der Waals surface area contributed by atoms with Gasteiger partial charge in [-0.05, 0) is 32.4 Å². The lowest BCUT2D eigenvalue weighted by Crippen LogP contribution is -2.76. The molecule has 0 bridgehead atoms. The van der Waals surface area contributed by atoms with Crippen LogP contribution in [0.5, 0.6) is 0 Å². The molecule has 234 valence electrons. The van der Waals surface area contributed by atoms with Crippen molar-refractivity contribution in [2.45, 2.75) is 45.4 Å². The van der Waals surface area contributed by atoms with Crippen molar-refractivity contribution in [3.63, 3.8) is 0 Å². The van der Waals surface area contributed by atoms with Crippen LogP contribution in [0.2, 0.25) is 0 Å². The van der Waals surface area contributed by atoms with Gasteiger partial charge in [-0.2, -0.15) is 0 Å². The third-order valence-corrected chi connectivity index (χ3v) is 8.65. The number of benzene rings is 1. The molecule has 3 aliphatic heterocycles. The molecule has 0 saturated carbocycles. The summed E-state index contributed by atoms with van der Waals surface area (Å²) < 4.78 is 53.6. The summed E-state index contributed by atoms with van der Waals surface area (Å²) in [4.78, 5) is 45.5. The lowest BCUT2D eigenvalue weighted by molar-refractivity contribution is -0.174. The van der Waals surface area contributed by atoms with E-state index in [1.54, 1.807) is 20.8 Å². The number of urea groups is 1. The number of barbiturate groups is 1. The van der Waals surface area contributed by atoms with Crippen LogP contribution in [0, 0.1) is 24.0 Å². The first-order valence-electron chi connectivity index (χ1n) is 13.7. The molecule has 3 unspecified atom stereocenters. The molecule has 43 heavy (non-hydrogen) atoms. The van der Waals surface area contributed by atoms with Crippen LogP contribution in [0.15, 0.2) is 6.07 Å². The van der Waals surface area contributed by atoms with E-state index in [2.05, 4.69) is 10.2 Å². The fraction of sp³-hybridized carbons (Fsp3) is 0.593. The summed E-state index contributed by atoms with van der Waals surface area (Å²) in [6, 6.07) is -0.699. The number of rotatable bonds is 10. The molecule has 1 N–H and O–H groups in total. The molecular formula is C27H33F2N5O8S. The van der Waals surface area contributed by atoms with Gasteiger partial charge in [0.25, 0.3) is 11.8 Å². The largest absolute Gasteiger partial charge is 0.394 e. The van der Waals surface area contributed by atoms with Crippen LogP contribution >= 0.6 is 11.3 Å². The first kappa shape index (κ1) is 31.3. The van der Waals surface area contributed by atoms with E-state index in [9.17, 15) is 19.5 Å². The van der Waals surface area contributed by atoms with E-state index in [-0.39, 0.29) is 61.2 Å². The zero-order valence-electron chi connectivity index (χ0n) is 24.2. The van der Waals surface area contributed by atoms with Crippen molar-refractivity contribution in [1.29, 1.82) is 0 Å². The quantitative estimate of drug-likeness (QED) is 0.304. The molecule has 4 heterocycles. The molecule has 4 atom stereocenters. The van der Waals surface area contributed by atoms with Crippen LogP contribution in [-0.2, 0) is 35.0 Å². The Morgan fingerprint density at radius 2 is 1.74 bits per heavy atom. The van der Waals surface area contributed by atoms with Crippen molar-refractivity contribution in [2.75, 3.05) is 58.4 Å². The van der Waals surface area contributed by atoms with Gasteiger partial charge in [0, 0.05) is 20.1 Å². The Bertz CT molecular complexity index is 1410. The highest BCUT2D eigenvalue weighted by Crippen LogP contribution is 2.51. The molecule has 13 nitrogen and oxygen atoms in total. The van der Waals surface area contributed by atoms with Gasteiger partial charge >= 0.3 is 6.03 Å². The molecule has 2 saturated heterocycles.